The number of hydrogen-bond donors (Lipinski definition) is 1. The van der Waals surface area contributed by atoms with Crippen molar-refractivity contribution >= 4 is 23.2 Å². The van der Waals surface area contributed by atoms with Gasteiger partial charge in [0, 0.05) is 68.0 Å². The second-order valence-electron chi connectivity index (χ2n) is 9.87. The van der Waals surface area contributed by atoms with Crippen LogP contribution in [-0.4, -0.2) is 57.7 Å². The Bertz CT molecular complexity index is 926. The lowest BCUT2D eigenvalue weighted by molar-refractivity contribution is 0.153. The number of nitrogens with zero attached hydrogens (tertiary/aromatic N) is 4. The van der Waals surface area contributed by atoms with Gasteiger partial charge >= 0.3 is 0 Å². The molecule has 3 unspecified atom stereocenters. The van der Waals surface area contributed by atoms with Crippen LogP contribution in [0.4, 0.5) is 0 Å². The van der Waals surface area contributed by atoms with Crippen LogP contribution in [0, 0.1) is 11.8 Å². The van der Waals surface area contributed by atoms with Crippen LogP contribution < -0.4 is 5.73 Å². The summed E-state index contributed by atoms with van der Waals surface area (Å²) in [4.78, 5) is 9.49. The zero-order chi connectivity index (χ0) is 24.6. The first kappa shape index (κ1) is 25.9. The molecule has 2 N–H and O–H groups in total. The summed E-state index contributed by atoms with van der Waals surface area (Å²) < 4.78 is 23.4. The molecule has 4 aliphatic rings. The van der Waals surface area contributed by atoms with Crippen LogP contribution in [0.15, 0.2) is 45.0 Å². The summed E-state index contributed by atoms with van der Waals surface area (Å²) >= 11 is -1.14. The molecule has 35 heavy (non-hydrogen) atoms. The predicted octanol–water partition coefficient (Wildman–Crippen LogP) is 4.40. The van der Waals surface area contributed by atoms with Gasteiger partial charge in [0.05, 0.1) is 12.4 Å². The van der Waals surface area contributed by atoms with Crippen LogP contribution >= 0.6 is 0 Å². The van der Waals surface area contributed by atoms with Crippen molar-refractivity contribution in [1.29, 1.82) is 0 Å². The third-order valence-electron chi connectivity index (χ3n) is 6.95. The second kappa shape index (κ2) is 12.7. The molecule has 0 aromatic heterocycles. The topological polar surface area (TPSA) is 92.8 Å². The first-order chi connectivity index (χ1) is 17.0. The van der Waals surface area contributed by atoms with Gasteiger partial charge in [-0.2, -0.15) is 0 Å². The van der Waals surface area contributed by atoms with E-state index in [4.69, 9.17) is 15.3 Å². The average Bonchev–Trinajstić information content (AvgIpc) is 3.58. The molecule has 2 heterocycles. The van der Waals surface area contributed by atoms with Gasteiger partial charge in [-0.05, 0) is 50.7 Å². The highest BCUT2D eigenvalue weighted by Crippen LogP contribution is 2.40. The lowest BCUT2D eigenvalue weighted by Crippen LogP contribution is -2.45. The van der Waals surface area contributed by atoms with Crippen LogP contribution in [0.2, 0.25) is 0 Å². The monoisotopic (exact) mass is 503 g/mol. The SMILES string of the molecule is CCO/N=C/C1CC=C(OCCCCCCN2CCCN(C3=CC(N)=NC4=C(C3)C4)S2=O)C(C)C1. The number of allylic oxidation sites excluding steroid dienone is 4. The largest absolute Gasteiger partial charge is 0.498 e. The first-order valence-corrected chi connectivity index (χ1v) is 14.3. The van der Waals surface area contributed by atoms with Crippen molar-refractivity contribution in [2.24, 2.45) is 27.7 Å². The molecule has 2 aliphatic carbocycles. The number of unbranched alkanes of at least 4 members (excludes halogenated alkanes) is 3. The maximum Gasteiger partial charge on any atom is 0.198 e. The van der Waals surface area contributed by atoms with E-state index < -0.39 is 11.2 Å². The van der Waals surface area contributed by atoms with E-state index in [0.717, 1.165) is 101 Å². The fraction of sp³-hybridized carbons (Fsp3) is 0.692. The van der Waals surface area contributed by atoms with Gasteiger partial charge in [0.1, 0.15) is 12.4 Å². The van der Waals surface area contributed by atoms with Crippen molar-refractivity contribution in [2.75, 3.05) is 32.8 Å². The Morgan fingerprint density at radius 3 is 2.94 bits per heavy atom. The first-order valence-electron chi connectivity index (χ1n) is 13.2. The fourth-order valence-corrected chi connectivity index (χ4v) is 6.40. The number of rotatable bonds is 12. The minimum atomic E-state index is -1.14. The summed E-state index contributed by atoms with van der Waals surface area (Å²) in [5.41, 5.74) is 9.53. The number of hydrogen-bond acceptors (Lipinski definition) is 6. The van der Waals surface area contributed by atoms with Gasteiger partial charge in [-0.3, -0.25) is 4.31 Å². The average molecular weight is 504 g/mol. The third kappa shape index (κ3) is 7.43. The molecule has 0 aromatic rings. The van der Waals surface area contributed by atoms with E-state index in [0.29, 0.717) is 24.3 Å². The van der Waals surface area contributed by atoms with E-state index >= 15 is 0 Å². The quantitative estimate of drug-likeness (QED) is 0.243. The zero-order valence-corrected chi connectivity index (χ0v) is 22.1. The van der Waals surface area contributed by atoms with Crippen molar-refractivity contribution in [3.8, 4) is 0 Å². The highest BCUT2D eigenvalue weighted by Gasteiger charge is 2.32. The molecule has 0 amide bonds. The van der Waals surface area contributed by atoms with Gasteiger partial charge in [0.2, 0.25) is 0 Å². The Balaban J connectivity index is 1.11. The van der Waals surface area contributed by atoms with Crippen molar-refractivity contribution in [3.63, 3.8) is 0 Å². The minimum absolute atomic E-state index is 0.423. The summed E-state index contributed by atoms with van der Waals surface area (Å²) in [6.07, 6.45) is 15.2. The minimum Gasteiger partial charge on any atom is -0.498 e. The van der Waals surface area contributed by atoms with Crippen LogP contribution in [0.5, 0.6) is 0 Å². The molecule has 3 atom stereocenters. The van der Waals surface area contributed by atoms with Crippen molar-refractivity contribution in [2.45, 2.75) is 71.6 Å². The van der Waals surface area contributed by atoms with Gasteiger partial charge in [-0.25, -0.2) is 13.5 Å². The molecular formula is C26H41N5O3S. The van der Waals surface area contributed by atoms with Gasteiger partial charge < -0.3 is 15.3 Å². The Hall–Kier alpha value is -2.13. The standard InChI is InChI=1S/C26H41N5O3S/c1-3-34-28-19-21-9-10-25(20(2)15-21)33-14-7-5-4-6-11-30-12-8-13-31(35(30)32)23-16-22-17-24(22)29-26(27)18-23/h10,18-21H,3-9,11-17H2,1-2H3,(H2,27,29)/b28-19+. The molecule has 8 nitrogen and oxygen atoms in total. The zero-order valence-electron chi connectivity index (χ0n) is 21.3. The molecule has 0 saturated carbocycles. The molecule has 0 aromatic carbocycles. The van der Waals surface area contributed by atoms with E-state index in [1.54, 1.807) is 0 Å². The van der Waals surface area contributed by atoms with Gasteiger partial charge in [0.25, 0.3) is 0 Å². The lowest BCUT2D eigenvalue weighted by Gasteiger charge is -2.36. The highest BCUT2D eigenvalue weighted by molar-refractivity contribution is 7.80. The van der Waals surface area contributed by atoms with Gasteiger partial charge in [-0.1, -0.05) is 24.9 Å². The van der Waals surface area contributed by atoms with E-state index in [-0.39, 0.29) is 0 Å². The summed E-state index contributed by atoms with van der Waals surface area (Å²) in [6, 6.07) is 0. The summed E-state index contributed by atoms with van der Waals surface area (Å²) in [7, 11) is 0. The molecular weight excluding hydrogens is 462 g/mol. The molecule has 194 valence electrons. The smallest absolute Gasteiger partial charge is 0.198 e. The summed E-state index contributed by atoms with van der Waals surface area (Å²) in [6.45, 7) is 8.12. The van der Waals surface area contributed by atoms with Crippen LogP contribution in [-0.2, 0) is 20.7 Å². The molecule has 9 heteroatoms. The number of ether oxygens (including phenoxy) is 1. The van der Waals surface area contributed by atoms with Gasteiger partial charge in [-0.15, -0.1) is 0 Å². The number of amidine groups is 1. The highest BCUT2D eigenvalue weighted by atomic mass is 32.2. The van der Waals surface area contributed by atoms with Crippen LogP contribution in [0.1, 0.15) is 71.6 Å². The number of nitrogens with two attached hydrogens (primary N) is 1. The Kier molecular flexibility index (Phi) is 9.43. The van der Waals surface area contributed by atoms with Crippen molar-refractivity contribution < 1.29 is 13.8 Å². The second-order valence-corrected chi connectivity index (χ2v) is 11.3. The van der Waals surface area contributed by atoms with Gasteiger partial charge in [0.15, 0.2) is 11.2 Å². The van der Waals surface area contributed by atoms with E-state index in [9.17, 15) is 4.21 Å². The molecule has 4 rings (SSSR count). The maximum absolute atomic E-state index is 13.2. The maximum atomic E-state index is 13.2. The molecule has 1 saturated heterocycles. The van der Waals surface area contributed by atoms with E-state index in [2.05, 4.69) is 27.5 Å². The van der Waals surface area contributed by atoms with Crippen molar-refractivity contribution in [1.82, 2.24) is 8.61 Å². The Morgan fingerprint density at radius 1 is 1.26 bits per heavy atom. The van der Waals surface area contributed by atoms with Crippen molar-refractivity contribution in [3.05, 3.63) is 34.9 Å². The molecule has 0 bridgehead atoms. The van der Waals surface area contributed by atoms with Crippen LogP contribution in [0.25, 0.3) is 0 Å². The van der Waals surface area contributed by atoms with Crippen LogP contribution in [0.3, 0.4) is 0 Å². The predicted molar refractivity (Wildman–Crippen MR) is 142 cm³/mol. The van der Waals surface area contributed by atoms with E-state index in [1.165, 1.54) is 5.57 Å². The lowest BCUT2D eigenvalue weighted by atomic mass is 9.87. The molecule has 0 spiro atoms. The molecule has 1 fully saturated rings. The summed E-state index contributed by atoms with van der Waals surface area (Å²) in [5, 5.41) is 4.02. The Labute approximate surface area is 212 Å². The number of oxime groups is 1. The Morgan fingerprint density at radius 2 is 2.11 bits per heavy atom. The molecule has 2 aliphatic heterocycles. The summed E-state index contributed by atoms with van der Waals surface area (Å²) in [5.74, 6) is 2.52. The number of aliphatic imine (C=N–C) groups is 1. The fourth-order valence-electron chi connectivity index (χ4n) is 4.95. The van der Waals surface area contributed by atoms with E-state index in [1.807, 2.05) is 23.5 Å². The third-order valence-corrected chi connectivity index (χ3v) is 8.55. The molecule has 0 radical (unpaired) electrons. The normalized spacial score (nSPS) is 27.2.